The Kier molecular flexibility index (Phi) is 4.72. The molecule has 0 aliphatic carbocycles. The molecule has 0 N–H and O–H groups in total. The molecule has 0 aliphatic rings. The zero-order valence-corrected chi connectivity index (χ0v) is 15.2. The highest BCUT2D eigenvalue weighted by molar-refractivity contribution is 6.19. The Balaban J connectivity index is 2.19. The maximum Gasteiger partial charge on any atom is 0.382 e. The average molecular weight is 366 g/mol. The van der Waals surface area contributed by atoms with Gasteiger partial charge in [-0.1, -0.05) is 18.2 Å². The van der Waals surface area contributed by atoms with Crippen LogP contribution in [0.4, 0.5) is 5.82 Å². The first-order valence-corrected chi connectivity index (χ1v) is 8.28. The van der Waals surface area contributed by atoms with Crippen LogP contribution < -0.4 is 0 Å². The monoisotopic (exact) mass is 366 g/mol. The van der Waals surface area contributed by atoms with E-state index in [0.717, 1.165) is 16.5 Å². The van der Waals surface area contributed by atoms with Crippen molar-refractivity contribution in [1.29, 1.82) is 0 Å². The molecule has 8 nitrogen and oxygen atoms in total. The van der Waals surface area contributed by atoms with Gasteiger partial charge in [0.2, 0.25) is 5.82 Å². The minimum absolute atomic E-state index is 0.0131. The smallest absolute Gasteiger partial charge is 0.358 e. The standard InChI is InChI=1S/C19H18N4O4/c1-12(24)9-21-10-15(16-6-4-5-7-17(16)21)8-18(13(2)25)22-11-19(23(26)27)20-14(22)3/h4-8,10-11H,9H2,1-3H3/b18-8-. The summed E-state index contributed by atoms with van der Waals surface area (Å²) in [6.07, 6.45) is 4.70. The molecule has 2 aromatic heterocycles. The van der Waals surface area contributed by atoms with Crippen molar-refractivity contribution in [2.24, 2.45) is 0 Å². The molecule has 1 aromatic carbocycles. The van der Waals surface area contributed by atoms with E-state index in [1.807, 2.05) is 28.8 Å². The Morgan fingerprint density at radius 2 is 1.93 bits per heavy atom. The van der Waals surface area contributed by atoms with Gasteiger partial charge in [0, 0.05) is 36.5 Å². The second-order valence-corrected chi connectivity index (χ2v) is 6.29. The molecule has 0 fully saturated rings. The first-order valence-electron chi connectivity index (χ1n) is 8.28. The van der Waals surface area contributed by atoms with Gasteiger partial charge in [0.05, 0.1) is 12.2 Å². The van der Waals surface area contributed by atoms with Crippen molar-refractivity contribution in [2.75, 3.05) is 0 Å². The normalized spacial score (nSPS) is 11.7. The van der Waals surface area contributed by atoms with E-state index in [2.05, 4.69) is 4.98 Å². The highest BCUT2D eigenvalue weighted by Crippen LogP contribution is 2.26. The predicted octanol–water partition coefficient (Wildman–Crippen LogP) is 3.23. The lowest BCUT2D eigenvalue weighted by Gasteiger charge is -2.04. The molecular weight excluding hydrogens is 348 g/mol. The van der Waals surface area contributed by atoms with Crippen LogP contribution in [-0.4, -0.2) is 30.6 Å². The topological polar surface area (TPSA) is 100 Å². The fourth-order valence-corrected chi connectivity index (χ4v) is 3.04. The number of rotatable bonds is 6. The summed E-state index contributed by atoms with van der Waals surface area (Å²) in [5, 5.41) is 11.9. The van der Waals surface area contributed by atoms with Crippen molar-refractivity contribution in [1.82, 2.24) is 14.1 Å². The summed E-state index contributed by atoms with van der Waals surface area (Å²) < 4.78 is 3.24. The molecule has 0 amide bonds. The summed E-state index contributed by atoms with van der Waals surface area (Å²) >= 11 is 0. The van der Waals surface area contributed by atoms with Crippen LogP contribution >= 0.6 is 0 Å². The van der Waals surface area contributed by atoms with E-state index in [1.54, 1.807) is 19.2 Å². The highest BCUT2D eigenvalue weighted by atomic mass is 16.6. The van der Waals surface area contributed by atoms with E-state index >= 15 is 0 Å². The Bertz CT molecular complexity index is 1100. The molecule has 0 atom stereocenters. The Morgan fingerprint density at radius 1 is 1.22 bits per heavy atom. The summed E-state index contributed by atoms with van der Waals surface area (Å²) in [6, 6.07) is 7.55. The number of hydrogen-bond acceptors (Lipinski definition) is 5. The third-order valence-electron chi connectivity index (χ3n) is 4.18. The zero-order valence-electron chi connectivity index (χ0n) is 15.2. The van der Waals surface area contributed by atoms with Gasteiger partial charge in [0.15, 0.2) is 5.78 Å². The number of imidazole rings is 1. The van der Waals surface area contributed by atoms with Crippen molar-refractivity contribution < 1.29 is 14.5 Å². The molecule has 0 spiro atoms. The van der Waals surface area contributed by atoms with Crippen LogP contribution in [0, 0.1) is 17.0 Å². The predicted molar refractivity (Wildman–Crippen MR) is 101 cm³/mol. The first kappa shape index (κ1) is 18.2. The van der Waals surface area contributed by atoms with Crippen molar-refractivity contribution >= 4 is 40.1 Å². The number of ketones is 2. The molecule has 0 radical (unpaired) electrons. The lowest BCUT2D eigenvalue weighted by Crippen LogP contribution is -2.06. The SMILES string of the molecule is CC(=O)Cn1cc(/C=C(/C(C)=O)n2cc([N+](=O)[O-])nc2C)c2ccccc21. The van der Waals surface area contributed by atoms with Crippen LogP contribution in [0.3, 0.4) is 0 Å². The van der Waals surface area contributed by atoms with Crippen LogP contribution in [0.5, 0.6) is 0 Å². The molecule has 2 heterocycles. The van der Waals surface area contributed by atoms with Gasteiger partial charge in [-0.3, -0.25) is 14.2 Å². The van der Waals surface area contributed by atoms with E-state index in [1.165, 1.54) is 24.6 Å². The quantitative estimate of drug-likeness (QED) is 0.379. The fourth-order valence-electron chi connectivity index (χ4n) is 3.04. The lowest BCUT2D eigenvalue weighted by atomic mass is 10.1. The van der Waals surface area contributed by atoms with Gasteiger partial charge in [-0.2, -0.15) is 0 Å². The maximum atomic E-state index is 12.3. The Labute approximate surface area is 154 Å². The van der Waals surface area contributed by atoms with Crippen molar-refractivity contribution in [3.05, 3.63) is 58.2 Å². The number of benzene rings is 1. The van der Waals surface area contributed by atoms with Gasteiger partial charge >= 0.3 is 5.82 Å². The van der Waals surface area contributed by atoms with Crippen LogP contribution in [-0.2, 0) is 16.1 Å². The second-order valence-electron chi connectivity index (χ2n) is 6.29. The third-order valence-corrected chi connectivity index (χ3v) is 4.18. The molecule has 0 bridgehead atoms. The van der Waals surface area contributed by atoms with E-state index in [0.29, 0.717) is 5.82 Å². The third kappa shape index (κ3) is 3.55. The molecule has 3 rings (SSSR count). The Morgan fingerprint density at radius 3 is 2.52 bits per heavy atom. The summed E-state index contributed by atoms with van der Waals surface area (Å²) in [4.78, 5) is 38.1. The number of aryl methyl sites for hydroxylation is 1. The number of hydrogen-bond donors (Lipinski definition) is 0. The van der Waals surface area contributed by atoms with Gasteiger partial charge < -0.3 is 14.7 Å². The van der Waals surface area contributed by atoms with Gasteiger partial charge in [-0.05, 0) is 29.0 Å². The number of para-hydroxylation sites is 1. The number of carbonyl (C=O) groups is 2. The molecule has 0 aliphatic heterocycles. The largest absolute Gasteiger partial charge is 0.382 e. The highest BCUT2D eigenvalue weighted by Gasteiger charge is 2.20. The summed E-state index contributed by atoms with van der Waals surface area (Å²) in [5.74, 6) is -0.220. The van der Waals surface area contributed by atoms with Gasteiger partial charge in [-0.25, -0.2) is 0 Å². The number of carbonyl (C=O) groups excluding carboxylic acids is 2. The molecule has 0 unspecified atom stereocenters. The van der Waals surface area contributed by atoms with Crippen LogP contribution in [0.25, 0.3) is 22.7 Å². The van der Waals surface area contributed by atoms with E-state index in [9.17, 15) is 19.7 Å². The molecule has 0 saturated heterocycles. The van der Waals surface area contributed by atoms with Gasteiger partial charge in [0.25, 0.3) is 0 Å². The number of nitro groups is 1. The van der Waals surface area contributed by atoms with Crippen molar-refractivity contribution in [3.8, 4) is 0 Å². The number of aromatic nitrogens is 3. The van der Waals surface area contributed by atoms with E-state index in [4.69, 9.17) is 0 Å². The molecular formula is C19H18N4O4. The number of fused-ring (bicyclic) bond motifs is 1. The van der Waals surface area contributed by atoms with Gasteiger partial charge in [-0.15, -0.1) is 0 Å². The molecule has 3 aromatic rings. The molecule has 138 valence electrons. The van der Waals surface area contributed by atoms with E-state index < -0.39 is 4.92 Å². The number of allylic oxidation sites excluding steroid dienone is 1. The van der Waals surface area contributed by atoms with E-state index in [-0.39, 0.29) is 29.6 Å². The van der Waals surface area contributed by atoms with Crippen molar-refractivity contribution in [3.63, 3.8) is 0 Å². The summed E-state index contributed by atoms with van der Waals surface area (Å²) in [7, 11) is 0. The van der Waals surface area contributed by atoms with Crippen LogP contribution in [0.1, 0.15) is 25.2 Å². The molecule has 8 heteroatoms. The minimum atomic E-state index is -0.597. The fraction of sp³-hybridized carbons (Fsp3) is 0.211. The van der Waals surface area contributed by atoms with Crippen LogP contribution in [0.2, 0.25) is 0 Å². The molecule has 27 heavy (non-hydrogen) atoms. The average Bonchev–Trinajstić information content (AvgIpc) is 3.13. The molecule has 0 saturated carbocycles. The summed E-state index contributed by atoms with van der Waals surface area (Å²) in [6.45, 7) is 4.73. The maximum absolute atomic E-state index is 12.3. The number of nitrogens with zero attached hydrogens (tertiary/aromatic N) is 4. The first-order chi connectivity index (χ1) is 12.8. The van der Waals surface area contributed by atoms with Gasteiger partial charge in [0.1, 0.15) is 12.0 Å². The second kappa shape index (κ2) is 6.99. The number of Topliss-reactive ketones (excluding diaryl/α,β-unsaturated/α-hetero) is 2. The minimum Gasteiger partial charge on any atom is -0.358 e. The van der Waals surface area contributed by atoms with Crippen molar-refractivity contribution in [2.45, 2.75) is 27.3 Å². The zero-order chi connectivity index (χ0) is 19.7. The van der Waals surface area contributed by atoms with Crippen LogP contribution in [0.15, 0.2) is 36.7 Å². The summed E-state index contributed by atoms with van der Waals surface area (Å²) in [5.41, 5.74) is 1.88. The Hall–Kier alpha value is -3.55. The lowest BCUT2D eigenvalue weighted by molar-refractivity contribution is -0.389.